The van der Waals surface area contributed by atoms with Gasteiger partial charge in [0.15, 0.2) is 0 Å². The fraction of sp³-hybridized carbons (Fsp3) is 0.473. The Bertz CT molecular complexity index is 3830. The van der Waals surface area contributed by atoms with Crippen LogP contribution in [0.5, 0.6) is 0 Å². The molecule has 6 atom stereocenters. The van der Waals surface area contributed by atoms with Crippen LogP contribution in [0.1, 0.15) is 234 Å². The highest BCUT2D eigenvalue weighted by molar-refractivity contribution is 5.90. The highest BCUT2D eigenvalue weighted by Gasteiger charge is 2.47. The fourth-order valence-electron chi connectivity index (χ4n) is 19.5. The summed E-state index contributed by atoms with van der Waals surface area (Å²) in [5, 5.41) is 0. The molecule has 0 amide bonds. The molecular formula is C91H114N2. The van der Waals surface area contributed by atoms with Crippen LogP contribution in [0, 0.1) is 51.8 Å². The summed E-state index contributed by atoms with van der Waals surface area (Å²) in [5.74, 6) is 3.48. The van der Waals surface area contributed by atoms with Crippen molar-refractivity contribution in [3.05, 3.63) is 266 Å². The van der Waals surface area contributed by atoms with Gasteiger partial charge in [-0.05, 0) is 264 Å². The van der Waals surface area contributed by atoms with Gasteiger partial charge in [-0.3, -0.25) is 0 Å². The zero-order valence-corrected chi connectivity index (χ0v) is 60.0. The minimum atomic E-state index is -0.128. The van der Waals surface area contributed by atoms with Crippen LogP contribution in [0.15, 0.2) is 244 Å². The van der Waals surface area contributed by atoms with E-state index in [1.54, 1.807) is 27.8 Å². The van der Waals surface area contributed by atoms with Crippen molar-refractivity contribution in [2.45, 2.75) is 223 Å². The average Bonchev–Trinajstić information content (AvgIpc) is 0.855. The van der Waals surface area contributed by atoms with Gasteiger partial charge in [0.1, 0.15) is 0 Å². The number of fused-ring (bicyclic) bond motifs is 5. The molecule has 0 spiro atoms. The molecule has 0 aromatic heterocycles. The third-order valence-electron chi connectivity index (χ3n) is 25.6. The van der Waals surface area contributed by atoms with Gasteiger partial charge in [0, 0.05) is 39.3 Å². The first-order valence-corrected chi connectivity index (χ1v) is 36.8. The molecule has 12 rings (SSSR count). The predicted octanol–water partition coefficient (Wildman–Crippen LogP) is 25.5. The van der Waals surface area contributed by atoms with Crippen LogP contribution >= 0.6 is 0 Å². The summed E-state index contributed by atoms with van der Waals surface area (Å²) >= 11 is 0. The zero-order chi connectivity index (χ0) is 65.9. The van der Waals surface area contributed by atoms with Crippen LogP contribution in [0.25, 0.3) is 11.1 Å². The van der Waals surface area contributed by atoms with Gasteiger partial charge < -0.3 is 9.80 Å². The van der Waals surface area contributed by atoms with E-state index in [9.17, 15) is 0 Å². The van der Waals surface area contributed by atoms with Gasteiger partial charge in [0.2, 0.25) is 0 Å². The monoisotopic (exact) mass is 1230 g/mol. The fourth-order valence-corrected chi connectivity index (χ4v) is 19.5. The van der Waals surface area contributed by atoms with Crippen LogP contribution in [0.3, 0.4) is 0 Å². The molecule has 2 fully saturated rings. The normalized spacial score (nSPS) is 27.5. The summed E-state index contributed by atoms with van der Waals surface area (Å²) in [7, 11) is 0. The molecule has 0 aliphatic heterocycles. The van der Waals surface area contributed by atoms with Gasteiger partial charge in [-0.25, -0.2) is 0 Å². The van der Waals surface area contributed by atoms with Gasteiger partial charge in [-0.15, -0.1) is 6.58 Å². The molecule has 2 nitrogen and oxygen atoms in total. The van der Waals surface area contributed by atoms with E-state index in [1.165, 1.54) is 160 Å². The molecule has 93 heavy (non-hydrogen) atoms. The first-order valence-electron chi connectivity index (χ1n) is 36.8. The van der Waals surface area contributed by atoms with Gasteiger partial charge in [-0.2, -0.15) is 0 Å². The smallest absolute Gasteiger partial charge is 0.0556 e. The molecular weight excluding hydrogens is 1120 g/mol. The summed E-state index contributed by atoms with van der Waals surface area (Å²) in [4.78, 5) is 5.53. The molecule has 0 N–H and O–H groups in total. The maximum Gasteiger partial charge on any atom is 0.0556 e. The average molecular weight is 1240 g/mol. The Morgan fingerprint density at radius 2 is 1.52 bits per heavy atom. The van der Waals surface area contributed by atoms with Crippen molar-refractivity contribution >= 4 is 16.8 Å². The molecule has 0 heterocycles. The number of allylic oxidation sites excluding steroid dienone is 30. The van der Waals surface area contributed by atoms with Crippen molar-refractivity contribution in [2.24, 2.45) is 51.8 Å². The standard InChI is InChI=1S/C91H114N2/c1-18-20-33-60(4)88(10,11)84-57-70(46-43-59(84)3)92(61(5)44-50-72-63(7)81(40-21-19-2)89(12,13)64(72)8)68-48-53-77-79(55-68)86(66-34-25-22-26-35-66)78-54-49-69(56-80(78)87(77)67-36-27-23-28-37-67)93(71-47-52-76-75-39-31-32-42-83(75)91(16,17)85(76)58-71)62(6)45-51-73-65(9)90(14,15)82-41-30-24-29-38-74(73)82/h18-19,21,29-32,38-42,44-46,48,50-53,55-60,64,66-67,71,78,86H,1-2,9,20,22-28,33-37,43,47,49,54H2,3-8,10-17H3/b40-21-,61-44+,62-45+,72-50-,73-51+. The van der Waals surface area contributed by atoms with Gasteiger partial charge in [0.25, 0.3) is 0 Å². The first kappa shape index (κ1) is 66.4. The molecule has 2 aromatic rings. The van der Waals surface area contributed by atoms with Gasteiger partial charge in [-0.1, -0.05) is 243 Å². The van der Waals surface area contributed by atoms with E-state index >= 15 is 0 Å². The van der Waals surface area contributed by atoms with E-state index < -0.39 is 0 Å². The Labute approximate surface area is 564 Å². The molecule has 6 unspecified atom stereocenters. The molecule has 488 valence electrons. The summed E-state index contributed by atoms with van der Waals surface area (Å²) in [5.41, 5.74) is 30.0. The first-order chi connectivity index (χ1) is 44.5. The van der Waals surface area contributed by atoms with E-state index in [1.807, 2.05) is 6.08 Å². The Hall–Kier alpha value is -6.64. The van der Waals surface area contributed by atoms with Crippen molar-refractivity contribution in [3.63, 3.8) is 0 Å². The number of anilines is 1. The Morgan fingerprint density at radius 3 is 2.26 bits per heavy atom. The van der Waals surface area contributed by atoms with Crippen LogP contribution in [-0.2, 0) is 5.41 Å². The molecule has 2 heteroatoms. The quantitative estimate of drug-likeness (QED) is 0.115. The topological polar surface area (TPSA) is 6.48 Å². The van der Waals surface area contributed by atoms with Crippen molar-refractivity contribution in [3.8, 4) is 0 Å². The molecule has 0 radical (unpaired) electrons. The molecule has 0 bridgehead atoms. The summed E-state index contributed by atoms with van der Waals surface area (Å²) < 4.78 is 0. The number of hydrogen-bond donors (Lipinski definition) is 0. The zero-order valence-electron chi connectivity index (χ0n) is 60.0. The molecule has 2 aromatic carbocycles. The Morgan fingerprint density at radius 1 is 0.796 bits per heavy atom. The van der Waals surface area contributed by atoms with Crippen molar-refractivity contribution < 1.29 is 0 Å². The second-order valence-electron chi connectivity index (χ2n) is 32.3. The summed E-state index contributed by atoms with van der Waals surface area (Å²) in [6, 6.07) is 17.4. The van der Waals surface area contributed by atoms with E-state index in [-0.39, 0.29) is 27.7 Å². The highest BCUT2D eigenvalue weighted by Crippen LogP contribution is 2.60. The molecule has 2 saturated carbocycles. The van der Waals surface area contributed by atoms with E-state index in [0.29, 0.717) is 41.4 Å². The minimum absolute atomic E-state index is 0.0184. The van der Waals surface area contributed by atoms with Crippen molar-refractivity contribution in [1.29, 1.82) is 0 Å². The number of hydrogen-bond acceptors (Lipinski definition) is 2. The lowest BCUT2D eigenvalue weighted by Crippen LogP contribution is -2.37. The van der Waals surface area contributed by atoms with Crippen LogP contribution in [-0.4, -0.2) is 10.9 Å². The van der Waals surface area contributed by atoms with Gasteiger partial charge >= 0.3 is 0 Å². The SMILES string of the molecule is C=C/C=C\C1=C(C)C(=C/C=C(\C)N(C2=CCC(C)C(C(C)(C)C(C)CCC=C)=C2)c2ccc3c(c2)C(C2CCCCC2)C2CCC(N(/C(C)=C/C=C4\C(=C)C(C)(C)C5=C4C=CCC=C5)C4C=C5C(=CC4)c4ccccc4C5(C)C)=CC2=C3C2CCCCC2)/C(C)C1(C)C. The molecule has 10 aliphatic carbocycles. The molecule has 0 saturated heterocycles. The third kappa shape index (κ3) is 12.0. The predicted molar refractivity (Wildman–Crippen MR) is 402 cm³/mol. The maximum absolute atomic E-state index is 4.82. The van der Waals surface area contributed by atoms with Crippen LogP contribution < -0.4 is 4.90 Å². The van der Waals surface area contributed by atoms with E-state index in [2.05, 4.69) is 260 Å². The minimum Gasteiger partial charge on any atom is -0.342 e. The lowest BCUT2D eigenvalue weighted by molar-refractivity contribution is 0.240. The van der Waals surface area contributed by atoms with E-state index in [4.69, 9.17) is 6.58 Å². The third-order valence-corrected chi connectivity index (χ3v) is 25.6. The second-order valence-corrected chi connectivity index (χ2v) is 32.3. The molecule has 10 aliphatic rings. The summed E-state index contributed by atoms with van der Waals surface area (Å²) in [6.45, 7) is 47.1. The van der Waals surface area contributed by atoms with Crippen molar-refractivity contribution in [1.82, 2.24) is 4.90 Å². The number of rotatable bonds is 17. The van der Waals surface area contributed by atoms with Crippen LogP contribution in [0.2, 0.25) is 0 Å². The lowest BCUT2D eigenvalue weighted by atomic mass is 9.59. The van der Waals surface area contributed by atoms with Crippen molar-refractivity contribution in [2.75, 3.05) is 4.90 Å². The second kappa shape index (κ2) is 26.5. The highest BCUT2D eigenvalue weighted by atomic mass is 15.2. The number of benzene rings is 2. The lowest BCUT2D eigenvalue weighted by Gasteiger charge is -2.47. The van der Waals surface area contributed by atoms with Gasteiger partial charge in [0.05, 0.1) is 6.04 Å². The Balaban J connectivity index is 1.04. The maximum atomic E-state index is 4.82. The largest absolute Gasteiger partial charge is 0.342 e. The van der Waals surface area contributed by atoms with Crippen LogP contribution in [0.4, 0.5) is 5.69 Å². The van der Waals surface area contributed by atoms with E-state index in [0.717, 1.165) is 38.5 Å². The number of nitrogens with zero attached hydrogens (tertiary/aromatic N) is 2. The Kier molecular flexibility index (Phi) is 18.9. The summed E-state index contributed by atoms with van der Waals surface area (Å²) in [6.07, 6.45) is 61.7.